The Morgan fingerprint density at radius 2 is 1.81 bits per heavy atom. The molecule has 0 spiro atoms. The number of aromatic hydroxyl groups is 1. The second-order valence-electron chi connectivity index (χ2n) is 4.64. The van der Waals surface area contributed by atoms with E-state index in [1.165, 1.54) is 0 Å². The van der Waals surface area contributed by atoms with Crippen molar-refractivity contribution in [3.63, 3.8) is 0 Å². The van der Waals surface area contributed by atoms with Crippen LogP contribution in [0, 0.1) is 0 Å². The van der Waals surface area contributed by atoms with Crippen molar-refractivity contribution in [1.82, 2.24) is 0 Å². The standard InChI is InChI=1S/C17H21NO3/c1-3-21-16-10-6-8-13(17(16)19)11-18-15-9-5-4-7-14(15)12-20-2/h4-10,18-19H,3,11-12H2,1-2H3. The summed E-state index contributed by atoms with van der Waals surface area (Å²) in [6.45, 7) is 3.49. The summed E-state index contributed by atoms with van der Waals surface area (Å²) in [5, 5.41) is 13.5. The van der Waals surface area contributed by atoms with Crippen LogP contribution in [0.1, 0.15) is 18.1 Å². The van der Waals surface area contributed by atoms with Crippen LogP contribution in [0.4, 0.5) is 5.69 Å². The van der Waals surface area contributed by atoms with Crippen molar-refractivity contribution in [2.45, 2.75) is 20.1 Å². The molecule has 4 nitrogen and oxygen atoms in total. The molecule has 0 amide bonds. The van der Waals surface area contributed by atoms with Crippen molar-refractivity contribution in [1.29, 1.82) is 0 Å². The Kier molecular flexibility index (Phi) is 5.46. The zero-order valence-electron chi connectivity index (χ0n) is 12.4. The maximum atomic E-state index is 10.2. The van der Waals surface area contributed by atoms with E-state index in [1.54, 1.807) is 13.2 Å². The number of ether oxygens (including phenoxy) is 2. The molecular formula is C17H21NO3. The lowest BCUT2D eigenvalue weighted by molar-refractivity contribution is 0.185. The number of nitrogens with one attached hydrogen (secondary N) is 1. The molecule has 0 bridgehead atoms. The zero-order valence-corrected chi connectivity index (χ0v) is 12.4. The second-order valence-corrected chi connectivity index (χ2v) is 4.64. The molecule has 112 valence electrons. The smallest absolute Gasteiger partial charge is 0.162 e. The molecule has 21 heavy (non-hydrogen) atoms. The number of hydrogen-bond donors (Lipinski definition) is 2. The van der Waals surface area contributed by atoms with E-state index in [2.05, 4.69) is 5.32 Å². The van der Waals surface area contributed by atoms with Gasteiger partial charge in [-0.2, -0.15) is 0 Å². The third-order valence-corrected chi connectivity index (χ3v) is 3.17. The van der Waals surface area contributed by atoms with Gasteiger partial charge in [0.2, 0.25) is 0 Å². The molecule has 0 aromatic heterocycles. The highest BCUT2D eigenvalue weighted by Gasteiger charge is 2.08. The SMILES string of the molecule is CCOc1cccc(CNc2ccccc2COC)c1O. The first-order valence-corrected chi connectivity index (χ1v) is 7.00. The number of rotatable bonds is 7. The van der Waals surface area contributed by atoms with Crippen LogP contribution in [0.15, 0.2) is 42.5 Å². The fourth-order valence-corrected chi connectivity index (χ4v) is 2.15. The lowest BCUT2D eigenvalue weighted by Gasteiger charge is -2.14. The van der Waals surface area contributed by atoms with E-state index in [9.17, 15) is 5.11 Å². The average molecular weight is 287 g/mol. The highest BCUT2D eigenvalue weighted by Crippen LogP contribution is 2.30. The fraction of sp³-hybridized carbons (Fsp3) is 0.294. The second kappa shape index (κ2) is 7.55. The van der Waals surface area contributed by atoms with Gasteiger partial charge in [-0.15, -0.1) is 0 Å². The summed E-state index contributed by atoms with van der Waals surface area (Å²) >= 11 is 0. The van der Waals surface area contributed by atoms with Crippen molar-refractivity contribution >= 4 is 5.69 Å². The Morgan fingerprint density at radius 1 is 1.05 bits per heavy atom. The van der Waals surface area contributed by atoms with Crippen LogP contribution in [0.25, 0.3) is 0 Å². The van der Waals surface area contributed by atoms with Gasteiger partial charge in [-0.3, -0.25) is 0 Å². The minimum Gasteiger partial charge on any atom is -0.504 e. The topological polar surface area (TPSA) is 50.7 Å². The summed E-state index contributed by atoms with van der Waals surface area (Å²) in [6, 6.07) is 13.5. The summed E-state index contributed by atoms with van der Waals surface area (Å²) in [6.07, 6.45) is 0. The molecular weight excluding hydrogens is 266 g/mol. The van der Waals surface area contributed by atoms with Crippen LogP contribution in [0.5, 0.6) is 11.5 Å². The van der Waals surface area contributed by atoms with Crippen molar-refractivity contribution in [2.75, 3.05) is 19.0 Å². The number of methoxy groups -OCH3 is 1. The van der Waals surface area contributed by atoms with Crippen LogP contribution >= 0.6 is 0 Å². The average Bonchev–Trinajstić information content (AvgIpc) is 2.50. The molecule has 0 saturated heterocycles. The van der Waals surface area contributed by atoms with Gasteiger partial charge < -0.3 is 19.9 Å². The summed E-state index contributed by atoms with van der Waals surface area (Å²) in [5.41, 5.74) is 2.88. The highest BCUT2D eigenvalue weighted by molar-refractivity contribution is 5.53. The summed E-state index contributed by atoms with van der Waals surface area (Å²) in [7, 11) is 1.67. The van der Waals surface area contributed by atoms with Gasteiger partial charge in [-0.25, -0.2) is 0 Å². The lowest BCUT2D eigenvalue weighted by atomic mass is 10.1. The first-order valence-electron chi connectivity index (χ1n) is 7.00. The summed E-state index contributed by atoms with van der Waals surface area (Å²) < 4.78 is 10.6. The molecule has 0 atom stereocenters. The number of para-hydroxylation sites is 2. The third-order valence-electron chi connectivity index (χ3n) is 3.17. The van der Waals surface area contributed by atoms with E-state index in [0.717, 1.165) is 16.8 Å². The molecule has 0 saturated carbocycles. The van der Waals surface area contributed by atoms with Crippen LogP contribution in [0.2, 0.25) is 0 Å². The van der Waals surface area contributed by atoms with Gasteiger partial charge in [0.15, 0.2) is 11.5 Å². The first-order chi connectivity index (χ1) is 10.3. The number of benzene rings is 2. The molecule has 2 aromatic carbocycles. The molecule has 0 unspecified atom stereocenters. The number of phenolic OH excluding ortho intramolecular Hbond substituents is 1. The maximum Gasteiger partial charge on any atom is 0.162 e. The Hall–Kier alpha value is -2.20. The first kappa shape index (κ1) is 15.2. The van der Waals surface area contributed by atoms with Gasteiger partial charge in [0.1, 0.15) is 0 Å². The van der Waals surface area contributed by atoms with Crippen LogP contribution in [0.3, 0.4) is 0 Å². The lowest BCUT2D eigenvalue weighted by Crippen LogP contribution is -2.04. The normalized spacial score (nSPS) is 10.4. The molecule has 0 aliphatic heterocycles. The molecule has 2 rings (SSSR count). The van der Waals surface area contributed by atoms with Crippen molar-refractivity contribution in [3.05, 3.63) is 53.6 Å². The molecule has 0 heterocycles. The highest BCUT2D eigenvalue weighted by atomic mass is 16.5. The molecule has 0 radical (unpaired) electrons. The van der Waals surface area contributed by atoms with Crippen LogP contribution in [-0.2, 0) is 17.9 Å². The number of phenols is 1. The Balaban J connectivity index is 2.11. The van der Waals surface area contributed by atoms with Gasteiger partial charge in [-0.1, -0.05) is 30.3 Å². The van der Waals surface area contributed by atoms with E-state index in [1.807, 2.05) is 43.3 Å². The molecule has 0 aliphatic carbocycles. The summed E-state index contributed by atoms with van der Waals surface area (Å²) in [4.78, 5) is 0. The quantitative estimate of drug-likeness (QED) is 0.817. The molecule has 4 heteroatoms. The van der Waals surface area contributed by atoms with Gasteiger partial charge in [-0.05, 0) is 19.1 Å². The molecule has 2 aromatic rings. The largest absolute Gasteiger partial charge is 0.504 e. The van der Waals surface area contributed by atoms with Gasteiger partial charge >= 0.3 is 0 Å². The maximum absolute atomic E-state index is 10.2. The van der Waals surface area contributed by atoms with E-state index >= 15 is 0 Å². The van der Waals surface area contributed by atoms with E-state index < -0.39 is 0 Å². The fourth-order valence-electron chi connectivity index (χ4n) is 2.15. The Labute approximate surface area is 125 Å². The number of hydrogen-bond acceptors (Lipinski definition) is 4. The van der Waals surface area contributed by atoms with Crippen molar-refractivity contribution < 1.29 is 14.6 Å². The Bertz CT molecular complexity index is 584. The van der Waals surface area contributed by atoms with E-state index in [4.69, 9.17) is 9.47 Å². The monoisotopic (exact) mass is 287 g/mol. The van der Waals surface area contributed by atoms with Gasteiger partial charge in [0.05, 0.1) is 13.2 Å². The zero-order chi connectivity index (χ0) is 15.1. The van der Waals surface area contributed by atoms with Crippen molar-refractivity contribution in [3.8, 4) is 11.5 Å². The molecule has 2 N–H and O–H groups in total. The van der Waals surface area contributed by atoms with E-state index in [-0.39, 0.29) is 5.75 Å². The van der Waals surface area contributed by atoms with Crippen molar-refractivity contribution in [2.24, 2.45) is 0 Å². The van der Waals surface area contributed by atoms with Crippen LogP contribution < -0.4 is 10.1 Å². The molecule has 0 fully saturated rings. The predicted molar refractivity (Wildman–Crippen MR) is 83.8 cm³/mol. The Morgan fingerprint density at radius 3 is 2.57 bits per heavy atom. The van der Waals surface area contributed by atoms with E-state index in [0.29, 0.717) is 25.5 Å². The minimum absolute atomic E-state index is 0.191. The number of anilines is 1. The van der Waals surface area contributed by atoms with Gasteiger partial charge in [0.25, 0.3) is 0 Å². The molecule has 0 aliphatic rings. The van der Waals surface area contributed by atoms with Crippen LogP contribution in [-0.4, -0.2) is 18.8 Å². The van der Waals surface area contributed by atoms with Gasteiger partial charge in [0, 0.05) is 30.5 Å². The minimum atomic E-state index is 0.191. The third kappa shape index (κ3) is 3.89. The summed E-state index contributed by atoms with van der Waals surface area (Å²) in [5.74, 6) is 0.707. The predicted octanol–water partition coefficient (Wildman–Crippen LogP) is 3.55.